The maximum Gasteiger partial charge on any atom is 0.326 e. The van der Waals surface area contributed by atoms with Crippen molar-refractivity contribution in [2.24, 2.45) is 10.8 Å². The Morgan fingerprint density at radius 1 is 1.00 bits per heavy atom. The topological polar surface area (TPSA) is 60.4 Å². The number of carbonyl (C=O) groups is 3. The van der Waals surface area contributed by atoms with Crippen molar-refractivity contribution in [2.45, 2.75) is 19.8 Å². The van der Waals surface area contributed by atoms with Gasteiger partial charge in [0.2, 0.25) is 0 Å². The molecule has 0 saturated heterocycles. The molecule has 144 valence electrons. The molecule has 0 bridgehead atoms. The van der Waals surface area contributed by atoms with Crippen molar-refractivity contribution in [2.75, 3.05) is 0 Å². The molecule has 3 atom stereocenters. The van der Waals surface area contributed by atoms with Crippen LogP contribution in [0.5, 0.6) is 5.75 Å². The fraction of sp³-hybridized carbons (Fsp3) is 0.208. The number of fused-ring (bicyclic) bond motifs is 5. The van der Waals surface area contributed by atoms with Crippen LogP contribution in [0.3, 0.4) is 0 Å². The molecule has 1 aliphatic carbocycles. The van der Waals surface area contributed by atoms with Gasteiger partial charge in [-0.3, -0.25) is 14.4 Å². The molecule has 3 aromatic carbocycles. The van der Waals surface area contributed by atoms with Crippen molar-refractivity contribution in [3.63, 3.8) is 0 Å². The molecule has 5 heteroatoms. The lowest BCUT2D eigenvalue weighted by Gasteiger charge is -2.22. The zero-order valence-electron chi connectivity index (χ0n) is 15.9. The molecule has 0 amide bonds. The predicted molar refractivity (Wildman–Crippen MR) is 112 cm³/mol. The minimum absolute atomic E-state index is 0.220. The Labute approximate surface area is 176 Å². The van der Waals surface area contributed by atoms with Gasteiger partial charge in [-0.2, -0.15) is 0 Å². The summed E-state index contributed by atoms with van der Waals surface area (Å²) >= 11 is 3.37. The third-order valence-corrected chi connectivity index (χ3v) is 7.15. The molecule has 1 heterocycles. The van der Waals surface area contributed by atoms with Gasteiger partial charge in [0.15, 0.2) is 5.78 Å². The number of hydrogen-bond donors (Lipinski definition) is 0. The summed E-state index contributed by atoms with van der Waals surface area (Å²) in [5.74, 6) is -1.30. The third-order valence-electron chi connectivity index (χ3n) is 6.62. The molecule has 0 radical (unpaired) electrons. The summed E-state index contributed by atoms with van der Waals surface area (Å²) in [4.78, 5) is 39.6. The summed E-state index contributed by atoms with van der Waals surface area (Å²) < 4.78 is 6.49. The van der Waals surface area contributed by atoms with Crippen molar-refractivity contribution >= 4 is 44.2 Å². The SMILES string of the molecule is CC(=O)[C@]12C(=O)Oc3ccc4ccccc4c3[C@H]1[C@]2(C)C(=O)c1ccc(Br)cc1. The van der Waals surface area contributed by atoms with E-state index in [1.807, 2.05) is 30.3 Å². The van der Waals surface area contributed by atoms with E-state index < -0.39 is 22.7 Å². The maximum absolute atomic E-state index is 13.6. The summed E-state index contributed by atoms with van der Waals surface area (Å²) in [6.45, 7) is 3.10. The van der Waals surface area contributed by atoms with Crippen molar-refractivity contribution in [3.05, 3.63) is 76.3 Å². The first kappa shape index (κ1) is 18.3. The lowest BCUT2D eigenvalue weighted by atomic mass is 9.85. The third kappa shape index (κ3) is 2.11. The second-order valence-electron chi connectivity index (χ2n) is 7.92. The molecular formula is C24H17BrO4. The van der Waals surface area contributed by atoms with Crippen LogP contribution in [0.1, 0.15) is 35.7 Å². The van der Waals surface area contributed by atoms with E-state index in [-0.39, 0.29) is 11.6 Å². The molecule has 0 aromatic heterocycles. The number of ether oxygens (including phenoxy) is 1. The number of halogens is 1. The molecular weight excluding hydrogens is 432 g/mol. The van der Waals surface area contributed by atoms with Crippen LogP contribution in [-0.2, 0) is 9.59 Å². The fourth-order valence-electron chi connectivity index (χ4n) is 5.22. The van der Waals surface area contributed by atoms with Gasteiger partial charge in [-0.1, -0.05) is 65.3 Å². The summed E-state index contributed by atoms with van der Waals surface area (Å²) in [6.07, 6.45) is 0. The van der Waals surface area contributed by atoms with Gasteiger partial charge in [0, 0.05) is 21.5 Å². The second kappa shape index (κ2) is 5.86. The molecule has 1 saturated carbocycles. The van der Waals surface area contributed by atoms with Crippen molar-refractivity contribution in [3.8, 4) is 5.75 Å². The van der Waals surface area contributed by atoms with Crippen LogP contribution in [0.15, 0.2) is 65.1 Å². The molecule has 4 nitrogen and oxygen atoms in total. The van der Waals surface area contributed by atoms with Gasteiger partial charge < -0.3 is 4.74 Å². The molecule has 29 heavy (non-hydrogen) atoms. The Morgan fingerprint density at radius 2 is 1.69 bits per heavy atom. The normalized spacial score (nSPS) is 27.0. The van der Waals surface area contributed by atoms with E-state index in [4.69, 9.17) is 4.74 Å². The van der Waals surface area contributed by atoms with Crippen LogP contribution in [0.25, 0.3) is 10.8 Å². The van der Waals surface area contributed by atoms with Crippen LogP contribution in [-0.4, -0.2) is 17.5 Å². The van der Waals surface area contributed by atoms with Crippen LogP contribution < -0.4 is 4.74 Å². The van der Waals surface area contributed by atoms with Crippen LogP contribution in [0.4, 0.5) is 0 Å². The van der Waals surface area contributed by atoms with Crippen molar-refractivity contribution in [1.29, 1.82) is 0 Å². The second-order valence-corrected chi connectivity index (χ2v) is 8.84. The first-order valence-corrected chi connectivity index (χ1v) is 10.2. The molecule has 0 spiro atoms. The number of Topliss-reactive ketones (excluding diaryl/α,β-unsaturated/α-hetero) is 2. The standard InChI is InChI=1S/C24H17BrO4/c1-13(26)24-20(23(24,2)21(27)15-7-10-16(25)11-8-15)19-17-6-4-3-5-14(17)9-12-18(19)29-22(24)28/h3-12,20H,1-2H3/t20-,23+,24+/m0/s1. The highest BCUT2D eigenvalue weighted by Crippen LogP contribution is 2.79. The van der Waals surface area contributed by atoms with Gasteiger partial charge in [-0.15, -0.1) is 0 Å². The molecule has 1 fully saturated rings. The summed E-state index contributed by atoms with van der Waals surface area (Å²) in [7, 11) is 0. The Bertz CT molecular complexity index is 1230. The summed E-state index contributed by atoms with van der Waals surface area (Å²) in [5, 5.41) is 1.88. The highest BCUT2D eigenvalue weighted by atomic mass is 79.9. The van der Waals surface area contributed by atoms with Crippen molar-refractivity contribution < 1.29 is 19.1 Å². The molecule has 3 aromatic rings. The largest absolute Gasteiger partial charge is 0.425 e. The molecule has 1 aliphatic heterocycles. The Balaban J connectivity index is 1.77. The number of hydrogen-bond acceptors (Lipinski definition) is 4. The van der Waals surface area contributed by atoms with E-state index in [1.54, 1.807) is 37.3 Å². The lowest BCUT2D eigenvalue weighted by Crippen LogP contribution is -2.37. The summed E-state index contributed by atoms with van der Waals surface area (Å²) in [5.41, 5.74) is -1.45. The Kier molecular flexibility index (Phi) is 3.69. The number of ketones is 2. The van der Waals surface area contributed by atoms with Crippen molar-refractivity contribution in [1.82, 2.24) is 0 Å². The van der Waals surface area contributed by atoms with E-state index in [0.29, 0.717) is 11.3 Å². The quantitative estimate of drug-likeness (QED) is 0.242. The van der Waals surface area contributed by atoms with Gasteiger partial charge in [-0.05, 0) is 35.9 Å². The number of rotatable bonds is 3. The molecule has 2 aliphatic rings. The van der Waals surface area contributed by atoms with E-state index >= 15 is 0 Å². The van der Waals surface area contributed by atoms with Crippen LogP contribution >= 0.6 is 15.9 Å². The van der Waals surface area contributed by atoms with Gasteiger partial charge in [0.05, 0.1) is 5.41 Å². The van der Waals surface area contributed by atoms with Gasteiger partial charge in [0.25, 0.3) is 0 Å². The Morgan fingerprint density at radius 3 is 2.38 bits per heavy atom. The molecule has 0 unspecified atom stereocenters. The van der Waals surface area contributed by atoms with Gasteiger partial charge in [0.1, 0.15) is 16.9 Å². The first-order valence-electron chi connectivity index (χ1n) is 9.39. The van der Waals surface area contributed by atoms with E-state index in [9.17, 15) is 14.4 Å². The van der Waals surface area contributed by atoms with E-state index in [2.05, 4.69) is 15.9 Å². The number of benzene rings is 3. The average molecular weight is 449 g/mol. The molecule has 5 rings (SSSR count). The van der Waals surface area contributed by atoms with Gasteiger partial charge in [-0.25, -0.2) is 0 Å². The fourth-order valence-corrected chi connectivity index (χ4v) is 5.49. The minimum Gasteiger partial charge on any atom is -0.425 e. The highest BCUT2D eigenvalue weighted by Gasteiger charge is 2.86. The van der Waals surface area contributed by atoms with Crippen LogP contribution in [0, 0.1) is 10.8 Å². The number of esters is 1. The predicted octanol–water partition coefficient (Wildman–Crippen LogP) is 5.08. The lowest BCUT2D eigenvalue weighted by molar-refractivity contribution is -0.147. The van der Waals surface area contributed by atoms with Gasteiger partial charge >= 0.3 is 5.97 Å². The van der Waals surface area contributed by atoms with E-state index in [1.165, 1.54) is 6.92 Å². The zero-order valence-corrected chi connectivity index (χ0v) is 17.4. The minimum atomic E-state index is -1.49. The maximum atomic E-state index is 13.6. The highest BCUT2D eigenvalue weighted by molar-refractivity contribution is 9.10. The first-order chi connectivity index (χ1) is 13.8. The average Bonchev–Trinajstić information content (AvgIpc) is 3.31. The smallest absolute Gasteiger partial charge is 0.326 e. The van der Waals surface area contributed by atoms with E-state index in [0.717, 1.165) is 20.8 Å². The zero-order chi connectivity index (χ0) is 20.6. The Hall–Kier alpha value is -2.79. The number of carbonyl (C=O) groups excluding carboxylic acids is 3. The molecule has 0 N–H and O–H groups in total. The monoisotopic (exact) mass is 448 g/mol. The van der Waals surface area contributed by atoms with Crippen LogP contribution in [0.2, 0.25) is 0 Å². The summed E-state index contributed by atoms with van der Waals surface area (Å²) in [6, 6.07) is 18.4.